The van der Waals surface area contributed by atoms with E-state index in [9.17, 15) is 0 Å². The molecule has 2 N–H and O–H groups in total. The molecular weight excluding hydrogens is 496 g/mol. The Morgan fingerprint density at radius 2 is 1.52 bits per heavy atom. The SMILES string of the molecule is Cl.Cl.Clc1ccc(CCNC2CCC(Nc3ccnc4cc(Cl)ccc34)CC2)c(Cl)c1. The quantitative estimate of drug-likeness (QED) is 0.351. The number of halogens is 5. The van der Waals surface area contributed by atoms with Crippen molar-refractivity contribution < 1.29 is 0 Å². The van der Waals surface area contributed by atoms with E-state index in [0.717, 1.165) is 53.0 Å². The highest BCUT2D eigenvalue weighted by Crippen LogP contribution is 2.28. The molecule has 4 rings (SSSR count). The zero-order valence-electron chi connectivity index (χ0n) is 16.9. The summed E-state index contributed by atoms with van der Waals surface area (Å²) in [5.41, 5.74) is 3.21. The number of anilines is 1. The molecule has 31 heavy (non-hydrogen) atoms. The number of pyridine rings is 1. The highest BCUT2D eigenvalue weighted by Gasteiger charge is 2.21. The van der Waals surface area contributed by atoms with Crippen LogP contribution in [0, 0.1) is 0 Å². The molecule has 3 nitrogen and oxygen atoms in total. The number of benzene rings is 2. The summed E-state index contributed by atoms with van der Waals surface area (Å²) in [4.78, 5) is 4.43. The Balaban J connectivity index is 0.00000171. The van der Waals surface area contributed by atoms with Gasteiger partial charge in [-0.1, -0.05) is 40.9 Å². The van der Waals surface area contributed by atoms with E-state index in [-0.39, 0.29) is 24.8 Å². The Labute approximate surface area is 211 Å². The molecule has 0 bridgehead atoms. The van der Waals surface area contributed by atoms with Crippen LogP contribution in [0.2, 0.25) is 15.1 Å². The molecule has 168 valence electrons. The lowest BCUT2D eigenvalue weighted by Crippen LogP contribution is -2.37. The molecule has 3 aromatic rings. The minimum atomic E-state index is 0. The standard InChI is InChI=1S/C23H24Cl3N3.2ClH/c24-16-2-1-15(21(26)13-16)9-11-27-18-4-6-19(7-5-18)29-22-10-12-28-23-14-17(25)3-8-20(22)23;;/h1-3,8,10,12-14,18-19,27H,4-7,9,11H2,(H,28,29);2*1H. The highest BCUT2D eigenvalue weighted by atomic mass is 35.5. The molecule has 2 aromatic carbocycles. The van der Waals surface area contributed by atoms with Crippen molar-refractivity contribution in [3.63, 3.8) is 0 Å². The fourth-order valence-corrected chi connectivity index (χ4v) is 4.71. The zero-order valence-corrected chi connectivity index (χ0v) is 20.8. The number of hydrogen-bond acceptors (Lipinski definition) is 3. The number of nitrogens with one attached hydrogen (secondary N) is 2. The van der Waals surface area contributed by atoms with Crippen LogP contribution in [0.25, 0.3) is 10.9 Å². The summed E-state index contributed by atoms with van der Waals surface area (Å²) in [6.07, 6.45) is 7.39. The molecule has 0 spiro atoms. The summed E-state index contributed by atoms with van der Waals surface area (Å²) in [5, 5.41) is 10.7. The topological polar surface area (TPSA) is 37.0 Å². The molecule has 0 radical (unpaired) electrons. The van der Waals surface area contributed by atoms with Crippen molar-refractivity contribution in [2.75, 3.05) is 11.9 Å². The van der Waals surface area contributed by atoms with E-state index in [1.165, 1.54) is 12.8 Å². The van der Waals surface area contributed by atoms with Gasteiger partial charge in [0.2, 0.25) is 0 Å². The lowest BCUT2D eigenvalue weighted by atomic mass is 9.90. The van der Waals surface area contributed by atoms with Gasteiger partial charge in [-0.2, -0.15) is 0 Å². The first-order valence-electron chi connectivity index (χ1n) is 10.1. The molecule has 1 aliphatic rings. The van der Waals surface area contributed by atoms with Crippen LogP contribution < -0.4 is 10.6 Å². The monoisotopic (exact) mass is 519 g/mol. The number of hydrogen-bond donors (Lipinski definition) is 2. The lowest BCUT2D eigenvalue weighted by molar-refractivity contribution is 0.356. The van der Waals surface area contributed by atoms with Gasteiger partial charge >= 0.3 is 0 Å². The van der Waals surface area contributed by atoms with Gasteiger partial charge in [0.15, 0.2) is 0 Å². The fourth-order valence-electron chi connectivity index (χ4n) is 4.04. The van der Waals surface area contributed by atoms with Crippen molar-refractivity contribution in [1.82, 2.24) is 10.3 Å². The smallest absolute Gasteiger partial charge is 0.0737 e. The van der Waals surface area contributed by atoms with Gasteiger partial charge in [0.05, 0.1) is 5.52 Å². The largest absolute Gasteiger partial charge is 0.382 e. The van der Waals surface area contributed by atoms with Crippen LogP contribution in [0.5, 0.6) is 0 Å². The van der Waals surface area contributed by atoms with Gasteiger partial charge in [-0.3, -0.25) is 4.98 Å². The molecule has 0 atom stereocenters. The van der Waals surface area contributed by atoms with E-state index < -0.39 is 0 Å². The Morgan fingerprint density at radius 1 is 0.839 bits per heavy atom. The highest BCUT2D eigenvalue weighted by molar-refractivity contribution is 6.35. The number of nitrogens with zero attached hydrogens (tertiary/aromatic N) is 1. The van der Waals surface area contributed by atoms with Crippen LogP contribution >= 0.6 is 59.6 Å². The maximum atomic E-state index is 6.27. The molecule has 1 saturated carbocycles. The van der Waals surface area contributed by atoms with E-state index in [4.69, 9.17) is 34.8 Å². The second-order valence-electron chi connectivity index (χ2n) is 7.65. The van der Waals surface area contributed by atoms with E-state index in [2.05, 4.69) is 21.7 Å². The number of fused-ring (bicyclic) bond motifs is 1. The van der Waals surface area contributed by atoms with Crippen molar-refractivity contribution in [2.45, 2.75) is 44.2 Å². The summed E-state index contributed by atoms with van der Waals surface area (Å²) in [6, 6.07) is 14.7. The minimum Gasteiger partial charge on any atom is -0.382 e. The second-order valence-corrected chi connectivity index (χ2v) is 8.93. The summed E-state index contributed by atoms with van der Waals surface area (Å²) < 4.78 is 0. The minimum absolute atomic E-state index is 0. The van der Waals surface area contributed by atoms with Crippen molar-refractivity contribution >= 4 is 76.2 Å². The van der Waals surface area contributed by atoms with E-state index in [0.29, 0.717) is 22.1 Å². The molecule has 0 unspecified atom stereocenters. The maximum absolute atomic E-state index is 6.27. The average Bonchev–Trinajstić information content (AvgIpc) is 2.71. The average molecular weight is 522 g/mol. The Hall–Kier alpha value is -0.940. The first-order valence-corrected chi connectivity index (χ1v) is 11.2. The van der Waals surface area contributed by atoms with E-state index in [1.54, 1.807) is 0 Å². The predicted octanol–water partition coefficient (Wildman–Crippen LogP) is 7.59. The zero-order chi connectivity index (χ0) is 20.2. The Kier molecular flexibility index (Phi) is 10.5. The molecule has 8 heteroatoms. The van der Waals surface area contributed by atoms with E-state index >= 15 is 0 Å². The number of aromatic nitrogens is 1. The van der Waals surface area contributed by atoms with Gasteiger partial charge in [-0.15, -0.1) is 24.8 Å². The molecule has 1 fully saturated rings. The third-order valence-corrected chi connectivity index (χ3v) is 6.46. The third-order valence-electron chi connectivity index (χ3n) is 5.63. The van der Waals surface area contributed by atoms with Gasteiger partial charge < -0.3 is 10.6 Å². The molecule has 0 aliphatic heterocycles. The lowest BCUT2D eigenvalue weighted by Gasteiger charge is -2.30. The fraction of sp³-hybridized carbons (Fsp3) is 0.348. The number of rotatable bonds is 6. The summed E-state index contributed by atoms with van der Waals surface area (Å²) in [6.45, 7) is 0.930. The summed E-state index contributed by atoms with van der Waals surface area (Å²) >= 11 is 18.3. The van der Waals surface area contributed by atoms with Crippen molar-refractivity contribution in [2.24, 2.45) is 0 Å². The normalized spacial score (nSPS) is 18.2. The van der Waals surface area contributed by atoms with Gasteiger partial charge in [0.1, 0.15) is 0 Å². The molecule has 1 aromatic heterocycles. The molecule has 1 aliphatic carbocycles. The maximum Gasteiger partial charge on any atom is 0.0737 e. The van der Waals surface area contributed by atoms with Crippen molar-refractivity contribution in [1.29, 1.82) is 0 Å². The van der Waals surface area contributed by atoms with Crippen LogP contribution in [0.15, 0.2) is 48.7 Å². The third kappa shape index (κ3) is 7.02. The van der Waals surface area contributed by atoms with Gasteiger partial charge in [-0.25, -0.2) is 0 Å². The van der Waals surface area contributed by atoms with Crippen LogP contribution in [-0.2, 0) is 6.42 Å². The van der Waals surface area contributed by atoms with Crippen LogP contribution in [0.4, 0.5) is 5.69 Å². The van der Waals surface area contributed by atoms with Gasteiger partial charge in [0, 0.05) is 44.4 Å². The van der Waals surface area contributed by atoms with Gasteiger partial charge in [-0.05, 0) is 80.6 Å². The first kappa shape index (κ1) is 26.3. The van der Waals surface area contributed by atoms with Crippen LogP contribution in [-0.4, -0.2) is 23.6 Å². The predicted molar refractivity (Wildman–Crippen MR) is 139 cm³/mol. The molecule has 0 amide bonds. The summed E-state index contributed by atoms with van der Waals surface area (Å²) in [5.74, 6) is 0. The van der Waals surface area contributed by atoms with Crippen LogP contribution in [0.3, 0.4) is 0 Å². The van der Waals surface area contributed by atoms with Crippen LogP contribution in [0.1, 0.15) is 31.2 Å². The Morgan fingerprint density at radius 3 is 2.26 bits per heavy atom. The Bertz CT molecular complexity index is 990. The molecule has 0 saturated heterocycles. The molecule has 1 heterocycles. The van der Waals surface area contributed by atoms with Crippen molar-refractivity contribution in [3.8, 4) is 0 Å². The molecular formula is C23H26Cl5N3. The van der Waals surface area contributed by atoms with Gasteiger partial charge in [0.25, 0.3) is 0 Å². The first-order chi connectivity index (χ1) is 14.1. The second kappa shape index (κ2) is 12.3. The summed E-state index contributed by atoms with van der Waals surface area (Å²) in [7, 11) is 0. The van der Waals surface area contributed by atoms with Crippen molar-refractivity contribution in [3.05, 3.63) is 69.3 Å². The van der Waals surface area contributed by atoms with E-state index in [1.807, 2.05) is 42.6 Å².